The third kappa shape index (κ3) is 3.17. The van der Waals surface area contributed by atoms with E-state index in [1.807, 2.05) is 0 Å². The molecule has 0 spiro atoms. The minimum Gasteiger partial charge on any atom is -0.409 e. The average molecular weight is 239 g/mol. The first-order valence-electron chi connectivity index (χ1n) is 4.93. The fourth-order valence-electron chi connectivity index (χ4n) is 1.42. The molecule has 0 unspecified atom stereocenters. The lowest BCUT2D eigenvalue weighted by Gasteiger charge is -2.17. The third-order valence-electron chi connectivity index (χ3n) is 2.29. The molecule has 0 radical (unpaired) electrons. The van der Waals surface area contributed by atoms with Crippen LogP contribution in [0.25, 0.3) is 0 Å². The summed E-state index contributed by atoms with van der Waals surface area (Å²) >= 11 is 0. The van der Waals surface area contributed by atoms with E-state index in [9.17, 15) is 9.18 Å². The number of aryl methyl sites for hydroxylation is 1. The molecule has 1 aromatic carbocycles. The van der Waals surface area contributed by atoms with Gasteiger partial charge in [0.1, 0.15) is 5.82 Å². The van der Waals surface area contributed by atoms with Gasteiger partial charge >= 0.3 is 0 Å². The summed E-state index contributed by atoms with van der Waals surface area (Å²) in [5.74, 6) is -0.771. The molecule has 1 amide bonds. The van der Waals surface area contributed by atoms with Crippen LogP contribution in [0, 0.1) is 12.7 Å². The Hall–Kier alpha value is -2.11. The predicted octanol–water partition coefficient (Wildman–Crippen LogP) is 0.953. The van der Waals surface area contributed by atoms with Crippen LogP contribution in [0.5, 0.6) is 0 Å². The van der Waals surface area contributed by atoms with Crippen LogP contribution in [0.4, 0.5) is 4.39 Å². The van der Waals surface area contributed by atoms with E-state index >= 15 is 0 Å². The maximum absolute atomic E-state index is 12.9. The first kappa shape index (κ1) is 13.0. The predicted molar refractivity (Wildman–Crippen MR) is 61.5 cm³/mol. The first-order chi connectivity index (χ1) is 7.95. The molecule has 0 saturated carbocycles. The molecule has 0 saturated heterocycles. The van der Waals surface area contributed by atoms with Crippen molar-refractivity contribution in [3.05, 3.63) is 35.1 Å². The lowest BCUT2D eigenvalue weighted by molar-refractivity contribution is 0.0813. The molecule has 0 aliphatic heterocycles. The number of hydrogen-bond acceptors (Lipinski definition) is 3. The summed E-state index contributed by atoms with van der Waals surface area (Å²) in [4.78, 5) is 13.2. The van der Waals surface area contributed by atoms with Crippen molar-refractivity contribution in [1.29, 1.82) is 0 Å². The Balaban J connectivity index is 2.89. The second-order valence-electron chi connectivity index (χ2n) is 3.71. The highest BCUT2D eigenvalue weighted by Crippen LogP contribution is 2.12. The van der Waals surface area contributed by atoms with Crippen molar-refractivity contribution >= 4 is 11.7 Å². The molecule has 0 heterocycles. The minimum atomic E-state index is -0.391. The fourth-order valence-corrected chi connectivity index (χ4v) is 1.42. The van der Waals surface area contributed by atoms with E-state index in [1.54, 1.807) is 6.92 Å². The first-order valence-corrected chi connectivity index (χ1v) is 4.93. The van der Waals surface area contributed by atoms with E-state index in [0.29, 0.717) is 11.1 Å². The number of hydrogen-bond donors (Lipinski definition) is 2. The van der Waals surface area contributed by atoms with Gasteiger partial charge in [-0.15, -0.1) is 0 Å². The Labute approximate surface area is 98.3 Å². The van der Waals surface area contributed by atoms with Crippen LogP contribution in [0.2, 0.25) is 0 Å². The van der Waals surface area contributed by atoms with Crippen molar-refractivity contribution in [2.45, 2.75) is 6.92 Å². The number of carbonyl (C=O) groups excluding carboxylic acids is 1. The van der Waals surface area contributed by atoms with Gasteiger partial charge in [-0.1, -0.05) is 5.16 Å². The zero-order chi connectivity index (χ0) is 13.0. The number of oxime groups is 1. The molecule has 1 aromatic rings. The highest BCUT2D eigenvalue weighted by molar-refractivity contribution is 5.97. The molecule has 0 atom stereocenters. The van der Waals surface area contributed by atoms with Gasteiger partial charge in [0, 0.05) is 12.6 Å². The van der Waals surface area contributed by atoms with Crippen molar-refractivity contribution in [1.82, 2.24) is 4.90 Å². The van der Waals surface area contributed by atoms with Crippen molar-refractivity contribution in [2.75, 3.05) is 13.6 Å². The number of rotatable bonds is 3. The number of halogens is 1. The maximum atomic E-state index is 12.9. The molecule has 3 N–H and O–H groups in total. The average Bonchev–Trinajstić information content (AvgIpc) is 2.28. The van der Waals surface area contributed by atoms with Crippen LogP contribution in [0.15, 0.2) is 23.4 Å². The monoisotopic (exact) mass is 239 g/mol. The molecule has 0 aromatic heterocycles. The Kier molecular flexibility index (Phi) is 4.03. The Morgan fingerprint density at radius 2 is 2.24 bits per heavy atom. The molecular weight excluding hydrogens is 225 g/mol. The van der Waals surface area contributed by atoms with Crippen LogP contribution in [0.3, 0.4) is 0 Å². The number of amidine groups is 1. The van der Waals surface area contributed by atoms with Crippen LogP contribution in [0.1, 0.15) is 15.9 Å². The smallest absolute Gasteiger partial charge is 0.254 e. The van der Waals surface area contributed by atoms with Gasteiger partial charge in [0.05, 0.1) is 6.54 Å². The molecule has 0 aliphatic rings. The number of amides is 1. The van der Waals surface area contributed by atoms with Crippen LogP contribution >= 0.6 is 0 Å². The largest absolute Gasteiger partial charge is 0.409 e. The second-order valence-corrected chi connectivity index (χ2v) is 3.71. The summed E-state index contributed by atoms with van der Waals surface area (Å²) in [6.07, 6.45) is 0. The van der Waals surface area contributed by atoms with Gasteiger partial charge in [-0.25, -0.2) is 4.39 Å². The summed E-state index contributed by atoms with van der Waals surface area (Å²) < 4.78 is 12.9. The van der Waals surface area contributed by atoms with Crippen molar-refractivity contribution in [2.24, 2.45) is 10.9 Å². The molecule has 6 heteroatoms. The Morgan fingerprint density at radius 3 is 2.76 bits per heavy atom. The molecule has 1 rings (SSSR count). The molecule has 0 fully saturated rings. The van der Waals surface area contributed by atoms with Gasteiger partial charge in [-0.3, -0.25) is 4.79 Å². The van der Waals surface area contributed by atoms with Crippen molar-refractivity contribution < 1.29 is 14.4 Å². The van der Waals surface area contributed by atoms with E-state index in [2.05, 4.69) is 5.16 Å². The zero-order valence-electron chi connectivity index (χ0n) is 9.64. The number of carbonyl (C=O) groups is 1. The number of likely N-dealkylation sites (N-methyl/N-ethyl adjacent to an activating group) is 1. The number of nitrogens with zero attached hydrogens (tertiary/aromatic N) is 2. The SMILES string of the molecule is Cc1cc(F)ccc1C(=O)N(C)C/C(N)=N/O. The van der Waals surface area contributed by atoms with E-state index in [4.69, 9.17) is 10.9 Å². The molecule has 0 aliphatic carbocycles. The van der Waals surface area contributed by atoms with Crippen molar-refractivity contribution in [3.8, 4) is 0 Å². The normalized spacial score (nSPS) is 11.4. The highest BCUT2D eigenvalue weighted by atomic mass is 19.1. The van der Waals surface area contributed by atoms with Crippen molar-refractivity contribution in [3.63, 3.8) is 0 Å². The lowest BCUT2D eigenvalue weighted by atomic mass is 10.1. The number of benzene rings is 1. The molecule has 5 nitrogen and oxygen atoms in total. The van der Waals surface area contributed by atoms with E-state index < -0.39 is 5.82 Å². The Bertz CT molecular complexity index is 460. The molecule has 0 bridgehead atoms. The van der Waals surface area contributed by atoms with Gasteiger partial charge in [-0.05, 0) is 30.7 Å². The van der Waals surface area contributed by atoms with Crippen LogP contribution in [-0.4, -0.2) is 35.4 Å². The summed E-state index contributed by atoms with van der Waals surface area (Å²) in [7, 11) is 1.52. The van der Waals surface area contributed by atoms with Gasteiger partial charge in [0.25, 0.3) is 5.91 Å². The van der Waals surface area contributed by atoms with Crippen LogP contribution in [-0.2, 0) is 0 Å². The van der Waals surface area contributed by atoms with Gasteiger partial charge < -0.3 is 15.8 Å². The quantitative estimate of drug-likeness (QED) is 0.357. The maximum Gasteiger partial charge on any atom is 0.254 e. The summed E-state index contributed by atoms with van der Waals surface area (Å²) in [6, 6.07) is 3.91. The zero-order valence-corrected chi connectivity index (χ0v) is 9.64. The summed E-state index contributed by atoms with van der Waals surface area (Å²) in [5.41, 5.74) is 6.23. The van der Waals surface area contributed by atoms with E-state index in [0.717, 1.165) is 0 Å². The molecule has 17 heavy (non-hydrogen) atoms. The molecule has 92 valence electrons. The van der Waals surface area contributed by atoms with Gasteiger partial charge in [-0.2, -0.15) is 0 Å². The topological polar surface area (TPSA) is 78.9 Å². The van der Waals surface area contributed by atoms with Gasteiger partial charge in [0.15, 0.2) is 5.84 Å². The standard InChI is InChI=1S/C11H14FN3O2/c1-7-5-8(12)3-4-9(7)11(16)15(2)6-10(13)14-17/h3-5,17H,6H2,1-2H3,(H2,13,14). The minimum absolute atomic E-state index is 0.00610. The van der Waals surface area contributed by atoms with Crippen LogP contribution < -0.4 is 5.73 Å². The second kappa shape index (κ2) is 5.29. The molecular formula is C11H14FN3O2. The third-order valence-corrected chi connectivity index (χ3v) is 2.29. The lowest BCUT2D eigenvalue weighted by Crippen LogP contribution is -2.35. The highest BCUT2D eigenvalue weighted by Gasteiger charge is 2.15. The fraction of sp³-hybridized carbons (Fsp3) is 0.273. The number of nitrogens with two attached hydrogens (primary N) is 1. The summed E-state index contributed by atoms with van der Waals surface area (Å²) in [6.45, 7) is 1.65. The van der Waals surface area contributed by atoms with Gasteiger partial charge in [0.2, 0.25) is 0 Å². The van der Waals surface area contributed by atoms with E-state index in [-0.39, 0.29) is 18.3 Å². The Morgan fingerprint density at radius 1 is 1.59 bits per heavy atom. The summed E-state index contributed by atoms with van der Waals surface area (Å²) in [5, 5.41) is 11.2. The van der Waals surface area contributed by atoms with E-state index in [1.165, 1.54) is 30.1 Å².